The molecule has 0 aliphatic rings. The summed E-state index contributed by atoms with van der Waals surface area (Å²) in [6.45, 7) is 4.07. The van der Waals surface area contributed by atoms with Gasteiger partial charge in [-0.1, -0.05) is 89.5 Å². The Labute approximate surface area is 214 Å². The molecule has 0 aliphatic heterocycles. The summed E-state index contributed by atoms with van der Waals surface area (Å²) in [6.07, 6.45) is 1.86. The van der Waals surface area contributed by atoms with Crippen LogP contribution in [0.3, 0.4) is 0 Å². The second-order valence-corrected chi connectivity index (χ2v) is 9.02. The van der Waals surface area contributed by atoms with Gasteiger partial charge in [-0.2, -0.15) is 4.99 Å². The summed E-state index contributed by atoms with van der Waals surface area (Å²) in [5.41, 5.74) is 6.48. The molecule has 1 heterocycles. The van der Waals surface area contributed by atoms with E-state index < -0.39 is 0 Å². The molecule has 178 valence electrons. The Morgan fingerprint density at radius 2 is 1.36 bits per heavy atom. The summed E-state index contributed by atoms with van der Waals surface area (Å²) in [5.74, 6) is 0.478. The van der Waals surface area contributed by atoms with E-state index in [2.05, 4.69) is 0 Å². The lowest BCUT2D eigenvalue weighted by Gasteiger charge is -2.06. The summed E-state index contributed by atoms with van der Waals surface area (Å²) in [5, 5.41) is 12.0. The molecule has 5 aromatic rings. The van der Waals surface area contributed by atoms with E-state index in [9.17, 15) is 5.21 Å². The average molecular weight is 493 g/mol. The smallest absolute Gasteiger partial charge is 0.250 e. The zero-order chi connectivity index (χ0) is 25.1. The molecule has 0 saturated heterocycles. The van der Waals surface area contributed by atoms with Gasteiger partial charge in [-0.15, -0.1) is 4.73 Å². The molecule has 6 heteroatoms. The molecule has 0 amide bonds. The van der Waals surface area contributed by atoms with E-state index in [1.807, 2.05) is 128 Å². The van der Waals surface area contributed by atoms with Crippen molar-refractivity contribution in [2.75, 3.05) is 0 Å². The van der Waals surface area contributed by atoms with Gasteiger partial charge in [0.25, 0.3) is 5.62 Å². The largest absolute Gasteiger partial charge is 0.425 e. The Balaban J connectivity index is 1.76. The fourth-order valence-corrected chi connectivity index (χ4v) is 3.96. The van der Waals surface area contributed by atoms with E-state index in [1.54, 1.807) is 0 Å². The molecule has 1 aromatic heterocycles. The zero-order valence-electron chi connectivity index (χ0n) is 20.0. The van der Waals surface area contributed by atoms with Crippen molar-refractivity contribution in [2.45, 2.75) is 13.8 Å². The van der Waals surface area contributed by atoms with Crippen LogP contribution in [-0.4, -0.2) is 20.3 Å². The van der Waals surface area contributed by atoms with Crippen molar-refractivity contribution in [3.05, 3.63) is 137 Å². The number of aromatic nitrogens is 2. The molecule has 0 saturated carbocycles. The number of aliphatic imine (C=N–C) groups is 1. The van der Waals surface area contributed by atoms with Gasteiger partial charge in [0.1, 0.15) is 5.69 Å². The van der Waals surface area contributed by atoms with Crippen molar-refractivity contribution >= 4 is 23.1 Å². The van der Waals surface area contributed by atoms with Crippen LogP contribution in [0.2, 0.25) is 5.02 Å². The van der Waals surface area contributed by atoms with Gasteiger partial charge in [-0.25, -0.2) is 4.99 Å². The Kier molecular flexibility index (Phi) is 6.56. The third kappa shape index (κ3) is 5.02. The Hall–Kier alpha value is -4.35. The van der Waals surface area contributed by atoms with E-state index >= 15 is 0 Å². The summed E-state index contributed by atoms with van der Waals surface area (Å²) in [6, 6.07) is 33.1. The fourth-order valence-electron chi connectivity index (χ4n) is 3.84. The molecule has 36 heavy (non-hydrogen) atoms. The number of nitrogens with zero attached hydrogens (tertiary/aromatic N) is 4. The summed E-state index contributed by atoms with van der Waals surface area (Å²) < 4.78 is 2.94. The summed E-state index contributed by atoms with van der Waals surface area (Å²) >= 11 is 6.15. The van der Waals surface area contributed by atoms with Crippen LogP contribution in [0.15, 0.2) is 119 Å². The van der Waals surface area contributed by atoms with Gasteiger partial charge in [0.2, 0.25) is 0 Å². The molecule has 5 rings (SSSR count). The van der Waals surface area contributed by atoms with Gasteiger partial charge >= 0.3 is 0 Å². The molecule has 1 N–H and O–H groups in total. The molecular formula is C30H25ClN4O. The Morgan fingerprint density at radius 3 is 2.00 bits per heavy atom. The van der Waals surface area contributed by atoms with E-state index in [-0.39, 0.29) is 0 Å². The van der Waals surface area contributed by atoms with Gasteiger partial charge in [0, 0.05) is 28.0 Å². The first-order valence-corrected chi connectivity index (χ1v) is 12.0. The highest BCUT2D eigenvalue weighted by atomic mass is 35.5. The molecule has 0 aliphatic carbocycles. The fraction of sp³-hybridized carbons (Fsp3) is 0.0667. The highest BCUT2D eigenvalue weighted by Gasteiger charge is 2.14. The standard InChI is InChI=1S/C30H25ClN4O/c1-21-8-12-23(13-9-21)28-20-34(27-18-14-25(31)15-19-27)30(35(28)36)33-29(24-6-4-3-5-7-24)32-26-16-10-22(2)11-17-26/h3-20,36H,1-2H3. The normalized spacial score (nSPS) is 12.2. The monoisotopic (exact) mass is 492 g/mol. The first-order chi connectivity index (χ1) is 17.5. The predicted octanol–water partition coefficient (Wildman–Crippen LogP) is 7.13. The number of hydrogen-bond acceptors (Lipinski definition) is 2. The molecule has 0 radical (unpaired) electrons. The van der Waals surface area contributed by atoms with Crippen molar-refractivity contribution in [3.8, 4) is 16.9 Å². The molecule has 0 bridgehead atoms. The maximum atomic E-state index is 11.4. The minimum absolute atomic E-state index is 0.308. The van der Waals surface area contributed by atoms with Crippen LogP contribution in [0.25, 0.3) is 16.9 Å². The molecule has 0 fully saturated rings. The predicted molar refractivity (Wildman–Crippen MR) is 146 cm³/mol. The van der Waals surface area contributed by atoms with Crippen molar-refractivity contribution in [1.29, 1.82) is 0 Å². The Bertz CT molecular complexity index is 1580. The summed E-state index contributed by atoms with van der Waals surface area (Å²) in [7, 11) is 0. The lowest BCUT2D eigenvalue weighted by molar-refractivity contribution is 0.176. The highest BCUT2D eigenvalue weighted by Crippen LogP contribution is 2.21. The number of aryl methyl sites for hydroxylation is 2. The minimum atomic E-state index is 0.308. The number of rotatable bonds is 4. The van der Waals surface area contributed by atoms with Crippen LogP contribution in [0.5, 0.6) is 0 Å². The molecule has 5 nitrogen and oxygen atoms in total. The van der Waals surface area contributed by atoms with Gasteiger partial charge < -0.3 is 5.21 Å². The number of benzene rings is 4. The van der Waals surface area contributed by atoms with Crippen LogP contribution in [0.1, 0.15) is 16.7 Å². The average Bonchev–Trinajstić information content (AvgIpc) is 3.22. The topological polar surface area (TPSA) is 54.8 Å². The van der Waals surface area contributed by atoms with Gasteiger partial charge in [-0.05, 0) is 50.2 Å². The number of hydrogen-bond donors (Lipinski definition) is 1. The third-order valence-corrected chi connectivity index (χ3v) is 6.10. The van der Waals surface area contributed by atoms with Gasteiger partial charge in [0.05, 0.1) is 5.69 Å². The summed E-state index contributed by atoms with van der Waals surface area (Å²) in [4.78, 5) is 9.74. The highest BCUT2D eigenvalue weighted by molar-refractivity contribution is 6.30. The zero-order valence-corrected chi connectivity index (χ0v) is 20.8. The van der Waals surface area contributed by atoms with Crippen molar-refractivity contribution < 1.29 is 5.21 Å². The van der Waals surface area contributed by atoms with Crippen LogP contribution in [0, 0.1) is 13.8 Å². The Morgan fingerprint density at radius 1 is 0.750 bits per heavy atom. The molecule has 0 unspecified atom stereocenters. The number of halogens is 1. The SMILES string of the molecule is Cc1ccc(N=C(N=c2n(-c3ccc(Cl)cc3)cc(-c3ccc(C)cc3)n2O)c2ccccc2)cc1. The maximum absolute atomic E-state index is 11.4. The minimum Gasteiger partial charge on any atom is -0.425 e. The van der Waals surface area contributed by atoms with Crippen molar-refractivity contribution in [1.82, 2.24) is 9.30 Å². The van der Waals surface area contributed by atoms with Gasteiger partial charge in [0.15, 0.2) is 5.84 Å². The first-order valence-electron chi connectivity index (χ1n) is 11.6. The number of amidine groups is 1. The van der Waals surface area contributed by atoms with Crippen molar-refractivity contribution in [3.63, 3.8) is 0 Å². The quantitative estimate of drug-likeness (QED) is 0.162. The first kappa shape index (κ1) is 23.4. The second-order valence-electron chi connectivity index (χ2n) is 8.59. The van der Waals surface area contributed by atoms with Crippen LogP contribution in [-0.2, 0) is 0 Å². The molecule has 0 atom stereocenters. The van der Waals surface area contributed by atoms with Crippen LogP contribution >= 0.6 is 11.6 Å². The lowest BCUT2D eigenvalue weighted by atomic mass is 10.1. The van der Waals surface area contributed by atoms with Crippen molar-refractivity contribution in [2.24, 2.45) is 9.98 Å². The van der Waals surface area contributed by atoms with Crippen LogP contribution in [0.4, 0.5) is 5.69 Å². The molecule has 4 aromatic carbocycles. The molecular weight excluding hydrogens is 468 g/mol. The van der Waals surface area contributed by atoms with Crippen LogP contribution < -0.4 is 5.62 Å². The number of imidazole rings is 1. The van der Waals surface area contributed by atoms with E-state index in [4.69, 9.17) is 21.6 Å². The lowest BCUT2D eigenvalue weighted by Crippen LogP contribution is -2.26. The third-order valence-electron chi connectivity index (χ3n) is 5.84. The van der Waals surface area contributed by atoms with Gasteiger partial charge in [-0.3, -0.25) is 4.57 Å². The van der Waals surface area contributed by atoms with E-state index in [1.165, 1.54) is 0 Å². The maximum Gasteiger partial charge on any atom is 0.250 e. The molecule has 0 spiro atoms. The second kappa shape index (κ2) is 10.1. The van der Waals surface area contributed by atoms with E-state index in [0.29, 0.717) is 22.2 Å². The van der Waals surface area contributed by atoms with E-state index in [0.717, 1.165) is 38.4 Å².